The Morgan fingerprint density at radius 1 is 1.47 bits per heavy atom. The van der Waals surface area contributed by atoms with Crippen LogP contribution in [-0.2, 0) is 0 Å². The molecule has 2 aromatic heterocycles. The van der Waals surface area contributed by atoms with Gasteiger partial charge in [0.2, 0.25) is 5.88 Å². The molecular weight excluding hydrogens is 244 g/mol. The van der Waals surface area contributed by atoms with E-state index in [-0.39, 0.29) is 17.4 Å². The number of aromatic nitrogens is 4. The minimum atomic E-state index is -0.291. The van der Waals surface area contributed by atoms with Gasteiger partial charge in [-0.1, -0.05) is 13.8 Å². The average Bonchev–Trinajstić information content (AvgIpc) is 3.05. The van der Waals surface area contributed by atoms with Crippen LogP contribution in [0.1, 0.15) is 44.2 Å². The number of aromatic hydroxyl groups is 1. The third kappa shape index (κ3) is 2.03. The molecule has 0 bridgehead atoms. The second kappa shape index (κ2) is 4.22. The van der Waals surface area contributed by atoms with Crippen molar-refractivity contribution in [2.24, 2.45) is 0 Å². The molecule has 1 aliphatic carbocycles. The van der Waals surface area contributed by atoms with E-state index in [1.165, 1.54) is 0 Å². The number of hydrogen-bond acceptors (Lipinski definition) is 4. The van der Waals surface area contributed by atoms with E-state index in [0.29, 0.717) is 17.4 Å². The molecule has 0 aliphatic heterocycles. The minimum Gasteiger partial charge on any atom is -0.493 e. The van der Waals surface area contributed by atoms with Gasteiger partial charge in [0.05, 0.1) is 18.1 Å². The first-order valence-electron chi connectivity index (χ1n) is 6.43. The molecule has 6 heteroatoms. The normalized spacial score (nSPS) is 15.1. The number of rotatable bonds is 3. The highest BCUT2D eigenvalue weighted by molar-refractivity contribution is 5.50. The first-order valence-corrected chi connectivity index (χ1v) is 6.43. The highest BCUT2D eigenvalue weighted by atomic mass is 16.3. The molecule has 6 nitrogen and oxygen atoms in total. The standard InChI is InChI=1S/C13H16N4O2/c1-7(2)10-12(18)15-11(16-13(10)19)9-5-14-6-17(9)8-3-4-8/h5-8H,3-4H2,1-2H3,(H2,15,16,18,19). The van der Waals surface area contributed by atoms with E-state index in [0.717, 1.165) is 18.5 Å². The Kier molecular flexibility index (Phi) is 2.66. The summed E-state index contributed by atoms with van der Waals surface area (Å²) in [5, 5.41) is 9.93. The minimum absolute atomic E-state index is 0.0707. The van der Waals surface area contributed by atoms with E-state index in [2.05, 4.69) is 15.0 Å². The fraction of sp³-hybridized carbons (Fsp3) is 0.462. The van der Waals surface area contributed by atoms with Crippen molar-refractivity contribution < 1.29 is 5.11 Å². The molecule has 0 aromatic carbocycles. The van der Waals surface area contributed by atoms with E-state index in [4.69, 9.17) is 0 Å². The lowest BCUT2D eigenvalue weighted by Crippen LogP contribution is -2.17. The molecule has 0 saturated heterocycles. The lowest BCUT2D eigenvalue weighted by molar-refractivity contribution is 0.440. The molecule has 0 atom stereocenters. The van der Waals surface area contributed by atoms with Crippen molar-refractivity contribution in [3.63, 3.8) is 0 Å². The van der Waals surface area contributed by atoms with Crippen LogP contribution in [0.5, 0.6) is 5.88 Å². The molecule has 0 amide bonds. The van der Waals surface area contributed by atoms with E-state index in [1.54, 1.807) is 12.5 Å². The summed E-state index contributed by atoms with van der Waals surface area (Å²) in [6, 6.07) is 0.440. The number of hydrogen-bond donors (Lipinski definition) is 2. The number of aromatic amines is 1. The van der Waals surface area contributed by atoms with Gasteiger partial charge in [0, 0.05) is 6.04 Å². The first kappa shape index (κ1) is 12.0. The summed E-state index contributed by atoms with van der Waals surface area (Å²) in [5.41, 5.74) is 0.771. The lowest BCUT2D eigenvalue weighted by atomic mass is 10.1. The lowest BCUT2D eigenvalue weighted by Gasteiger charge is -2.09. The number of H-pyrrole nitrogens is 1. The maximum absolute atomic E-state index is 12.0. The van der Waals surface area contributed by atoms with Crippen molar-refractivity contribution in [1.82, 2.24) is 19.5 Å². The van der Waals surface area contributed by atoms with E-state index in [1.807, 2.05) is 18.4 Å². The van der Waals surface area contributed by atoms with Crippen LogP contribution in [0.15, 0.2) is 17.3 Å². The number of nitrogens with one attached hydrogen (secondary N) is 1. The molecule has 2 heterocycles. The van der Waals surface area contributed by atoms with E-state index in [9.17, 15) is 9.90 Å². The zero-order chi connectivity index (χ0) is 13.6. The monoisotopic (exact) mass is 260 g/mol. The van der Waals surface area contributed by atoms with Gasteiger partial charge in [-0.25, -0.2) is 4.98 Å². The average molecular weight is 260 g/mol. The van der Waals surface area contributed by atoms with Crippen molar-refractivity contribution in [2.75, 3.05) is 0 Å². The van der Waals surface area contributed by atoms with Crippen LogP contribution in [0, 0.1) is 0 Å². The van der Waals surface area contributed by atoms with E-state index >= 15 is 0 Å². The van der Waals surface area contributed by atoms with Gasteiger partial charge in [0.1, 0.15) is 5.69 Å². The molecule has 3 rings (SSSR count). The topological polar surface area (TPSA) is 83.8 Å². The highest BCUT2D eigenvalue weighted by Gasteiger charge is 2.27. The molecule has 2 N–H and O–H groups in total. The Balaban J connectivity index is 2.11. The summed E-state index contributed by atoms with van der Waals surface area (Å²) in [5.74, 6) is 0.104. The Morgan fingerprint density at radius 2 is 2.21 bits per heavy atom. The zero-order valence-electron chi connectivity index (χ0n) is 10.9. The van der Waals surface area contributed by atoms with Crippen molar-refractivity contribution in [2.45, 2.75) is 38.6 Å². The quantitative estimate of drug-likeness (QED) is 0.881. The summed E-state index contributed by atoms with van der Waals surface area (Å²) < 4.78 is 1.99. The summed E-state index contributed by atoms with van der Waals surface area (Å²) in [7, 11) is 0. The van der Waals surface area contributed by atoms with E-state index < -0.39 is 0 Å². The Bertz CT molecular complexity index is 668. The van der Waals surface area contributed by atoms with Gasteiger partial charge in [-0.05, 0) is 18.8 Å². The van der Waals surface area contributed by atoms with Crippen LogP contribution in [-0.4, -0.2) is 24.6 Å². The predicted molar refractivity (Wildman–Crippen MR) is 70.1 cm³/mol. The Labute approximate surface area is 110 Å². The van der Waals surface area contributed by atoms with Crippen LogP contribution >= 0.6 is 0 Å². The van der Waals surface area contributed by atoms with Crippen molar-refractivity contribution in [3.05, 3.63) is 28.4 Å². The fourth-order valence-corrected chi connectivity index (χ4v) is 2.24. The van der Waals surface area contributed by atoms with Crippen LogP contribution in [0.4, 0.5) is 0 Å². The number of imidazole rings is 1. The van der Waals surface area contributed by atoms with Crippen LogP contribution in [0.25, 0.3) is 11.5 Å². The van der Waals surface area contributed by atoms with Gasteiger partial charge < -0.3 is 14.7 Å². The smallest absolute Gasteiger partial charge is 0.258 e. The second-order valence-electron chi connectivity index (χ2n) is 5.22. The maximum atomic E-state index is 12.0. The SMILES string of the molecule is CC(C)c1c(O)nc(-c2cncn2C2CC2)[nH]c1=O. The molecule has 19 heavy (non-hydrogen) atoms. The molecular formula is C13H16N4O2. The van der Waals surface area contributed by atoms with Gasteiger partial charge in [-0.2, -0.15) is 4.98 Å². The summed E-state index contributed by atoms with van der Waals surface area (Å²) >= 11 is 0. The molecule has 1 fully saturated rings. The molecule has 100 valence electrons. The fourth-order valence-electron chi connectivity index (χ4n) is 2.24. The molecule has 1 saturated carbocycles. The molecule has 2 aromatic rings. The summed E-state index contributed by atoms with van der Waals surface area (Å²) in [4.78, 5) is 22.9. The third-order valence-corrected chi connectivity index (χ3v) is 3.36. The second-order valence-corrected chi connectivity index (χ2v) is 5.22. The summed E-state index contributed by atoms with van der Waals surface area (Å²) in [6.07, 6.45) is 5.62. The van der Waals surface area contributed by atoms with Crippen LogP contribution < -0.4 is 5.56 Å². The van der Waals surface area contributed by atoms with Crippen LogP contribution in [0.3, 0.4) is 0 Å². The van der Waals surface area contributed by atoms with Crippen molar-refractivity contribution in [3.8, 4) is 17.4 Å². The predicted octanol–water partition coefficient (Wildman–Crippen LogP) is 1.80. The molecule has 0 spiro atoms. The van der Waals surface area contributed by atoms with Gasteiger partial charge >= 0.3 is 0 Å². The Morgan fingerprint density at radius 3 is 2.79 bits per heavy atom. The Hall–Kier alpha value is -2.11. The van der Waals surface area contributed by atoms with Gasteiger partial charge in [0.25, 0.3) is 5.56 Å². The zero-order valence-corrected chi connectivity index (χ0v) is 10.9. The molecule has 0 unspecified atom stereocenters. The first-order chi connectivity index (χ1) is 9.08. The van der Waals surface area contributed by atoms with Gasteiger partial charge in [-0.3, -0.25) is 4.79 Å². The van der Waals surface area contributed by atoms with Gasteiger partial charge in [0.15, 0.2) is 5.82 Å². The number of nitrogens with zero attached hydrogens (tertiary/aromatic N) is 3. The summed E-state index contributed by atoms with van der Waals surface area (Å²) in [6.45, 7) is 3.69. The van der Waals surface area contributed by atoms with Crippen LogP contribution in [0.2, 0.25) is 0 Å². The molecule has 0 radical (unpaired) electrons. The molecule has 1 aliphatic rings. The third-order valence-electron chi connectivity index (χ3n) is 3.36. The van der Waals surface area contributed by atoms with Crippen molar-refractivity contribution >= 4 is 0 Å². The highest BCUT2D eigenvalue weighted by Crippen LogP contribution is 2.37. The van der Waals surface area contributed by atoms with Gasteiger partial charge in [-0.15, -0.1) is 0 Å². The maximum Gasteiger partial charge on any atom is 0.258 e. The largest absolute Gasteiger partial charge is 0.493 e. The van der Waals surface area contributed by atoms with Crippen molar-refractivity contribution in [1.29, 1.82) is 0 Å².